The molecular weight excluding hydrogens is 231 g/mol. The predicted molar refractivity (Wildman–Crippen MR) is 62.9 cm³/mol. The van der Waals surface area contributed by atoms with E-state index in [0.717, 1.165) is 0 Å². The van der Waals surface area contributed by atoms with E-state index in [2.05, 4.69) is 5.32 Å². The van der Waals surface area contributed by atoms with E-state index in [1.807, 2.05) is 0 Å². The third-order valence-corrected chi connectivity index (χ3v) is 2.13. The first-order valence-electron chi connectivity index (χ1n) is 4.82. The van der Waals surface area contributed by atoms with Crippen molar-refractivity contribution in [1.82, 2.24) is 0 Å². The summed E-state index contributed by atoms with van der Waals surface area (Å²) in [5.41, 5.74) is 5.47. The standard InChI is InChI=1S/C11H14ClFN2O/c1-11(2,14)6-10(16)15-7-3-4-8(12)9(13)5-7/h3-5H,6,14H2,1-2H3,(H,15,16). The normalized spacial score (nSPS) is 11.3. The number of nitrogens with one attached hydrogen (secondary N) is 1. The molecule has 1 rings (SSSR count). The Kier molecular flexibility index (Phi) is 3.88. The predicted octanol–water partition coefficient (Wildman–Crippen LogP) is 2.54. The third kappa shape index (κ3) is 4.16. The molecule has 3 N–H and O–H groups in total. The first-order chi connectivity index (χ1) is 7.28. The minimum absolute atomic E-state index is 0.0251. The van der Waals surface area contributed by atoms with Crippen LogP contribution in [0.25, 0.3) is 0 Å². The fourth-order valence-corrected chi connectivity index (χ4v) is 1.31. The molecule has 16 heavy (non-hydrogen) atoms. The summed E-state index contributed by atoms with van der Waals surface area (Å²) in [4.78, 5) is 11.5. The van der Waals surface area contributed by atoms with Gasteiger partial charge >= 0.3 is 0 Å². The van der Waals surface area contributed by atoms with Crippen molar-refractivity contribution in [3.63, 3.8) is 0 Å². The van der Waals surface area contributed by atoms with Gasteiger partial charge in [-0.2, -0.15) is 0 Å². The summed E-state index contributed by atoms with van der Waals surface area (Å²) in [5.74, 6) is -0.819. The van der Waals surface area contributed by atoms with Crippen LogP contribution in [-0.4, -0.2) is 11.4 Å². The maximum Gasteiger partial charge on any atom is 0.226 e. The van der Waals surface area contributed by atoms with E-state index in [0.29, 0.717) is 5.69 Å². The van der Waals surface area contributed by atoms with Gasteiger partial charge in [-0.05, 0) is 32.0 Å². The highest BCUT2D eigenvalue weighted by Gasteiger charge is 2.16. The maximum atomic E-state index is 13.1. The Bertz CT molecular complexity index is 401. The molecule has 0 saturated heterocycles. The van der Waals surface area contributed by atoms with Gasteiger partial charge in [0.2, 0.25) is 5.91 Å². The van der Waals surface area contributed by atoms with Crippen LogP contribution < -0.4 is 11.1 Å². The van der Waals surface area contributed by atoms with E-state index < -0.39 is 11.4 Å². The second-order valence-corrected chi connectivity index (χ2v) is 4.75. The van der Waals surface area contributed by atoms with Gasteiger partial charge in [0.05, 0.1) is 5.02 Å². The van der Waals surface area contributed by atoms with Crippen molar-refractivity contribution in [2.45, 2.75) is 25.8 Å². The highest BCUT2D eigenvalue weighted by atomic mass is 35.5. The number of benzene rings is 1. The van der Waals surface area contributed by atoms with E-state index >= 15 is 0 Å². The van der Waals surface area contributed by atoms with Crippen molar-refractivity contribution in [1.29, 1.82) is 0 Å². The molecule has 1 aromatic rings. The first kappa shape index (κ1) is 12.9. The summed E-state index contributed by atoms with van der Waals surface area (Å²) in [5, 5.41) is 2.57. The van der Waals surface area contributed by atoms with Crippen LogP contribution >= 0.6 is 11.6 Å². The lowest BCUT2D eigenvalue weighted by molar-refractivity contribution is -0.117. The number of halogens is 2. The van der Waals surface area contributed by atoms with Crippen LogP contribution in [0.1, 0.15) is 20.3 Å². The maximum absolute atomic E-state index is 13.1. The van der Waals surface area contributed by atoms with Crippen molar-refractivity contribution in [3.8, 4) is 0 Å². The lowest BCUT2D eigenvalue weighted by atomic mass is 10.0. The van der Waals surface area contributed by atoms with Gasteiger partial charge in [-0.3, -0.25) is 4.79 Å². The number of amides is 1. The van der Waals surface area contributed by atoms with Crippen molar-refractivity contribution < 1.29 is 9.18 Å². The average molecular weight is 245 g/mol. The summed E-state index contributed by atoms with van der Waals surface area (Å²) >= 11 is 5.52. The topological polar surface area (TPSA) is 55.1 Å². The lowest BCUT2D eigenvalue weighted by Crippen LogP contribution is -2.36. The summed E-state index contributed by atoms with van der Waals surface area (Å²) in [7, 11) is 0. The Morgan fingerprint density at radius 2 is 2.19 bits per heavy atom. The molecule has 88 valence electrons. The Hall–Kier alpha value is -1.13. The average Bonchev–Trinajstić information content (AvgIpc) is 2.08. The van der Waals surface area contributed by atoms with Gasteiger partial charge in [-0.1, -0.05) is 11.6 Å². The SMILES string of the molecule is CC(C)(N)CC(=O)Nc1ccc(Cl)c(F)c1. The third-order valence-electron chi connectivity index (χ3n) is 1.82. The summed E-state index contributed by atoms with van der Waals surface area (Å²) in [6.07, 6.45) is 0.164. The molecule has 0 unspecified atom stereocenters. The van der Waals surface area contributed by atoms with Crippen molar-refractivity contribution in [2.24, 2.45) is 5.73 Å². The quantitative estimate of drug-likeness (QED) is 0.859. The molecule has 0 bridgehead atoms. The molecule has 0 aliphatic heterocycles. The van der Waals surface area contributed by atoms with Crippen molar-refractivity contribution in [3.05, 3.63) is 29.0 Å². The van der Waals surface area contributed by atoms with Crippen LogP contribution in [-0.2, 0) is 4.79 Å². The number of carbonyl (C=O) groups excluding carboxylic acids is 1. The summed E-state index contributed by atoms with van der Waals surface area (Å²) < 4.78 is 13.1. The Balaban J connectivity index is 2.67. The highest BCUT2D eigenvalue weighted by Crippen LogP contribution is 2.19. The molecule has 0 aliphatic carbocycles. The molecule has 0 atom stereocenters. The number of carbonyl (C=O) groups is 1. The van der Waals surface area contributed by atoms with Gasteiger partial charge in [0.15, 0.2) is 0 Å². The van der Waals surface area contributed by atoms with E-state index in [1.54, 1.807) is 13.8 Å². The first-order valence-corrected chi connectivity index (χ1v) is 5.19. The number of hydrogen-bond donors (Lipinski definition) is 2. The molecule has 1 amide bonds. The van der Waals surface area contributed by atoms with Gasteiger partial charge in [0.1, 0.15) is 5.82 Å². The fourth-order valence-electron chi connectivity index (χ4n) is 1.19. The minimum Gasteiger partial charge on any atom is -0.326 e. The minimum atomic E-state index is -0.588. The molecule has 0 aromatic heterocycles. The zero-order valence-corrected chi connectivity index (χ0v) is 9.94. The van der Waals surface area contributed by atoms with Crippen LogP contribution in [0.4, 0.5) is 10.1 Å². The van der Waals surface area contributed by atoms with Crippen LogP contribution in [0.3, 0.4) is 0 Å². The Labute approximate surface area is 98.8 Å². The van der Waals surface area contributed by atoms with E-state index in [9.17, 15) is 9.18 Å². The molecular formula is C11H14ClFN2O. The van der Waals surface area contributed by atoms with E-state index in [1.165, 1.54) is 18.2 Å². The zero-order valence-electron chi connectivity index (χ0n) is 9.18. The van der Waals surface area contributed by atoms with Gasteiger partial charge in [-0.15, -0.1) is 0 Å². The number of nitrogens with two attached hydrogens (primary N) is 1. The van der Waals surface area contributed by atoms with Crippen LogP contribution in [0.2, 0.25) is 5.02 Å². The number of anilines is 1. The molecule has 1 aromatic carbocycles. The molecule has 3 nitrogen and oxygen atoms in total. The Morgan fingerprint density at radius 1 is 1.56 bits per heavy atom. The molecule has 0 saturated carbocycles. The van der Waals surface area contributed by atoms with Crippen LogP contribution in [0.5, 0.6) is 0 Å². The molecule has 5 heteroatoms. The fraction of sp³-hybridized carbons (Fsp3) is 0.364. The van der Waals surface area contributed by atoms with Gasteiger partial charge in [0.25, 0.3) is 0 Å². The summed E-state index contributed by atoms with van der Waals surface area (Å²) in [6.45, 7) is 3.49. The Morgan fingerprint density at radius 3 is 2.69 bits per heavy atom. The van der Waals surface area contributed by atoms with Gasteiger partial charge in [-0.25, -0.2) is 4.39 Å². The molecule has 0 spiro atoms. The smallest absolute Gasteiger partial charge is 0.226 e. The van der Waals surface area contributed by atoms with Crippen LogP contribution in [0.15, 0.2) is 18.2 Å². The zero-order chi connectivity index (χ0) is 12.3. The number of rotatable bonds is 3. The van der Waals surface area contributed by atoms with E-state index in [4.69, 9.17) is 17.3 Å². The second kappa shape index (κ2) is 4.80. The largest absolute Gasteiger partial charge is 0.326 e. The molecule has 0 fully saturated rings. The van der Waals surface area contributed by atoms with Crippen molar-refractivity contribution >= 4 is 23.2 Å². The monoisotopic (exact) mass is 244 g/mol. The lowest BCUT2D eigenvalue weighted by Gasteiger charge is -2.17. The second-order valence-electron chi connectivity index (χ2n) is 4.34. The van der Waals surface area contributed by atoms with E-state index in [-0.39, 0.29) is 17.4 Å². The number of hydrogen-bond acceptors (Lipinski definition) is 2. The highest BCUT2D eigenvalue weighted by molar-refractivity contribution is 6.30. The molecule has 0 heterocycles. The van der Waals surface area contributed by atoms with Gasteiger partial charge < -0.3 is 11.1 Å². The van der Waals surface area contributed by atoms with Crippen LogP contribution in [0, 0.1) is 5.82 Å². The summed E-state index contributed by atoms with van der Waals surface area (Å²) in [6, 6.07) is 4.09. The molecule has 0 radical (unpaired) electrons. The van der Waals surface area contributed by atoms with Gasteiger partial charge in [0, 0.05) is 17.6 Å². The van der Waals surface area contributed by atoms with Crippen molar-refractivity contribution in [2.75, 3.05) is 5.32 Å². The molecule has 0 aliphatic rings.